The van der Waals surface area contributed by atoms with Gasteiger partial charge < -0.3 is 10.2 Å². The highest BCUT2D eigenvalue weighted by Crippen LogP contribution is 2.39. The Morgan fingerprint density at radius 2 is 1.77 bits per heavy atom. The molecule has 0 aromatic carbocycles. The molecule has 3 fully saturated rings. The first-order valence-electron chi connectivity index (χ1n) is 8.62. The van der Waals surface area contributed by atoms with Gasteiger partial charge in [0, 0.05) is 50.4 Å². The highest BCUT2D eigenvalue weighted by molar-refractivity contribution is 5.85. The van der Waals surface area contributed by atoms with Gasteiger partial charge in [0.05, 0.1) is 0 Å². The molecule has 2 N–H and O–H groups in total. The number of nitrogens with one attached hydrogen (secondary N) is 2. The molecule has 0 amide bonds. The second kappa shape index (κ2) is 7.20. The zero-order valence-corrected chi connectivity index (χ0v) is 14.1. The molecular weight excluding hydrogens is 298 g/mol. The van der Waals surface area contributed by atoms with Crippen molar-refractivity contribution in [3.8, 4) is 0 Å². The lowest BCUT2D eigenvalue weighted by Crippen LogP contribution is -2.48. The van der Waals surface area contributed by atoms with E-state index in [1.165, 1.54) is 69.9 Å². The fourth-order valence-corrected chi connectivity index (χ4v) is 3.68. The minimum absolute atomic E-state index is 0. The van der Waals surface area contributed by atoms with Crippen LogP contribution in [-0.2, 0) is 0 Å². The molecule has 22 heavy (non-hydrogen) atoms. The standard InChI is InChI=1S/C16H27N5.ClH/c1-2-14(1)15-11-16(19-18-15)21-9-7-20(8-10-21)12-13-3-5-17-6-4-13;/h11,13-14,17H,1-10,12H2,(H,18,19);1H. The number of hydrogen-bond donors (Lipinski definition) is 2. The number of aromatic nitrogens is 2. The lowest BCUT2D eigenvalue weighted by Gasteiger charge is -2.37. The minimum Gasteiger partial charge on any atom is -0.353 e. The topological polar surface area (TPSA) is 47.2 Å². The fourth-order valence-electron chi connectivity index (χ4n) is 3.68. The molecule has 6 heteroatoms. The summed E-state index contributed by atoms with van der Waals surface area (Å²) in [6, 6.07) is 2.28. The first-order chi connectivity index (χ1) is 10.4. The van der Waals surface area contributed by atoms with Gasteiger partial charge in [-0.1, -0.05) is 0 Å². The van der Waals surface area contributed by atoms with Gasteiger partial charge in [-0.15, -0.1) is 12.4 Å². The fraction of sp³-hybridized carbons (Fsp3) is 0.812. The third-order valence-electron chi connectivity index (χ3n) is 5.27. The van der Waals surface area contributed by atoms with Crippen LogP contribution >= 0.6 is 12.4 Å². The summed E-state index contributed by atoms with van der Waals surface area (Å²) >= 11 is 0. The van der Waals surface area contributed by atoms with E-state index in [9.17, 15) is 0 Å². The number of rotatable bonds is 4. The Hall–Kier alpha value is -0.780. The van der Waals surface area contributed by atoms with Gasteiger partial charge in [0.1, 0.15) is 0 Å². The van der Waals surface area contributed by atoms with E-state index >= 15 is 0 Å². The molecule has 0 unspecified atom stereocenters. The van der Waals surface area contributed by atoms with Gasteiger partial charge in [-0.3, -0.25) is 10.00 Å². The largest absolute Gasteiger partial charge is 0.353 e. The van der Waals surface area contributed by atoms with Crippen molar-refractivity contribution in [1.82, 2.24) is 20.4 Å². The average Bonchev–Trinajstić information content (AvgIpc) is 3.27. The summed E-state index contributed by atoms with van der Waals surface area (Å²) in [6.45, 7) is 8.35. The lowest BCUT2D eigenvalue weighted by molar-refractivity contribution is 0.196. The van der Waals surface area contributed by atoms with Crippen LogP contribution in [0.4, 0.5) is 5.82 Å². The van der Waals surface area contributed by atoms with E-state index in [1.807, 2.05) is 0 Å². The first-order valence-corrected chi connectivity index (χ1v) is 8.62. The summed E-state index contributed by atoms with van der Waals surface area (Å²) < 4.78 is 0. The molecule has 1 aliphatic carbocycles. The minimum atomic E-state index is 0. The third-order valence-corrected chi connectivity index (χ3v) is 5.27. The maximum atomic E-state index is 4.52. The molecule has 0 bridgehead atoms. The predicted molar refractivity (Wildman–Crippen MR) is 92.1 cm³/mol. The SMILES string of the molecule is Cl.c1c(N2CCN(CC3CCNCC3)CC2)n[nH]c1C1CC1. The number of H-pyrrole nitrogens is 1. The van der Waals surface area contributed by atoms with Crippen LogP contribution in [0.25, 0.3) is 0 Å². The van der Waals surface area contributed by atoms with E-state index in [1.54, 1.807) is 0 Å². The maximum absolute atomic E-state index is 4.52. The number of piperidine rings is 1. The van der Waals surface area contributed by atoms with Crippen molar-refractivity contribution in [2.45, 2.75) is 31.6 Å². The highest BCUT2D eigenvalue weighted by atomic mass is 35.5. The normalized spacial score (nSPS) is 24.3. The molecule has 124 valence electrons. The molecule has 0 spiro atoms. The van der Waals surface area contributed by atoms with Gasteiger partial charge in [0.25, 0.3) is 0 Å². The molecule has 1 saturated carbocycles. The highest BCUT2D eigenvalue weighted by Gasteiger charge is 2.27. The Labute approximate surface area is 139 Å². The molecule has 3 heterocycles. The van der Waals surface area contributed by atoms with Crippen LogP contribution in [-0.4, -0.2) is 60.9 Å². The zero-order chi connectivity index (χ0) is 14.1. The number of piperazine rings is 1. The number of halogens is 1. The van der Waals surface area contributed by atoms with Gasteiger partial charge in [-0.2, -0.15) is 5.10 Å². The molecule has 1 aromatic rings. The van der Waals surface area contributed by atoms with E-state index in [-0.39, 0.29) is 12.4 Å². The van der Waals surface area contributed by atoms with E-state index < -0.39 is 0 Å². The molecule has 0 radical (unpaired) electrons. The van der Waals surface area contributed by atoms with Gasteiger partial charge in [0.15, 0.2) is 5.82 Å². The number of hydrogen-bond acceptors (Lipinski definition) is 4. The molecule has 3 aliphatic rings. The second-order valence-electron chi connectivity index (χ2n) is 6.94. The Morgan fingerprint density at radius 3 is 2.45 bits per heavy atom. The van der Waals surface area contributed by atoms with E-state index in [0.29, 0.717) is 0 Å². The summed E-state index contributed by atoms with van der Waals surface area (Å²) in [5, 5.41) is 11.2. The van der Waals surface area contributed by atoms with E-state index in [2.05, 4.69) is 31.4 Å². The Balaban J connectivity index is 0.00000144. The van der Waals surface area contributed by atoms with Gasteiger partial charge >= 0.3 is 0 Å². The van der Waals surface area contributed by atoms with Crippen LogP contribution in [0.3, 0.4) is 0 Å². The quantitative estimate of drug-likeness (QED) is 0.886. The Kier molecular flexibility index (Phi) is 5.26. The third kappa shape index (κ3) is 3.76. The number of nitrogens with zero attached hydrogens (tertiary/aromatic N) is 3. The van der Waals surface area contributed by atoms with Crippen LogP contribution in [0.1, 0.15) is 37.3 Å². The molecule has 5 nitrogen and oxygen atoms in total. The van der Waals surface area contributed by atoms with E-state index in [0.717, 1.165) is 24.9 Å². The number of anilines is 1. The Morgan fingerprint density at radius 1 is 1.05 bits per heavy atom. The molecular formula is C16H28ClN5. The van der Waals surface area contributed by atoms with Crippen molar-refractivity contribution in [3.05, 3.63) is 11.8 Å². The molecule has 2 aliphatic heterocycles. The zero-order valence-electron chi connectivity index (χ0n) is 13.3. The van der Waals surface area contributed by atoms with Gasteiger partial charge in [0.2, 0.25) is 0 Å². The smallest absolute Gasteiger partial charge is 0.150 e. The van der Waals surface area contributed by atoms with Crippen LogP contribution in [0.2, 0.25) is 0 Å². The van der Waals surface area contributed by atoms with Crippen LogP contribution in [0, 0.1) is 5.92 Å². The summed E-state index contributed by atoms with van der Waals surface area (Å²) in [7, 11) is 0. The maximum Gasteiger partial charge on any atom is 0.150 e. The first kappa shape index (κ1) is 16.1. The van der Waals surface area contributed by atoms with Crippen molar-refractivity contribution in [2.24, 2.45) is 5.92 Å². The van der Waals surface area contributed by atoms with Crippen LogP contribution in [0.5, 0.6) is 0 Å². The molecule has 4 rings (SSSR count). The van der Waals surface area contributed by atoms with Crippen molar-refractivity contribution in [1.29, 1.82) is 0 Å². The van der Waals surface area contributed by atoms with Crippen LogP contribution in [0.15, 0.2) is 6.07 Å². The monoisotopic (exact) mass is 325 g/mol. The van der Waals surface area contributed by atoms with Gasteiger partial charge in [-0.05, 0) is 44.7 Å². The van der Waals surface area contributed by atoms with Crippen molar-refractivity contribution < 1.29 is 0 Å². The molecule has 1 aromatic heterocycles. The van der Waals surface area contributed by atoms with Crippen molar-refractivity contribution >= 4 is 18.2 Å². The summed E-state index contributed by atoms with van der Waals surface area (Å²) in [5.74, 6) is 2.84. The van der Waals surface area contributed by atoms with Crippen molar-refractivity contribution in [2.75, 3.05) is 50.7 Å². The Bertz CT molecular complexity index is 459. The van der Waals surface area contributed by atoms with Gasteiger partial charge in [-0.25, -0.2) is 0 Å². The number of aromatic amines is 1. The summed E-state index contributed by atoms with van der Waals surface area (Å²) in [4.78, 5) is 5.10. The lowest BCUT2D eigenvalue weighted by atomic mass is 9.97. The average molecular weight is 326 g/mol. The van der Waals surface area contributed by atoms with Crippen LogP contribution < -0.4 is 10.2 Å². The molecule has 2 saturated heterocycles. The summed E-state index contributed by atoms with van der Waals surface area (Å²) in [5.41, 5.74) is 1.35. The predicted octanol–water partition coefficient (Wildman–Crippen LogP) is 1.83. The second-order valence-corrected chi connectivity index (χ2v) is 6.94. The molecule has 0 atom stereocenters. The van der Waals surface area contributed by atoms with Crippen molar-refractivity contribution in [3.63, 3.8) is 0 Å². The summed E-state index contributed by atoms with van der Waals surface area (Å²) in [6.07, 6.45) is 5.38. The van der Waals surface area contributed by atoms with E-state index in [4.69, 9.17) is 0 Å².